The summed E-state index contributed by atoms with van der Waals surface area (Å²) in [6.07, 6.45) is -0.813. The summed E-state index contributed by atoms with van der Waals surface area (Å²) >= 11 is 0. The van der Waals surface area contributed by atoms with E-state index in [2.05, 4.69) is 11.8 Å². The van der Waals surface area contributed by atoms with Crippen LogP contribution in [-0.4, -0.2) is 16.3 Å². The third-order valence-electron chi connectivity index (χ3n) is 3.59. The molecule has 22 heavy (non-hydrogen) atoms. The molecule has 0 radical (unpaired) electrons. The predicted molar refractivity (Wildman–Crippen MR) is 89.1 cm³/mol. The van der Waals surface area contributed by atoms with E-state index in [1.807, 2.05) is 81.4 Å². The fraction of sp³-hybridized carbons (Fsp3) is 0.300. The molecule has 0 aliphatic heterocycles. The van der Waals surface area contributed by atoms with Gasteiger partial charge in [0.1, 0.15) is 6.10 Å². The van der Waals surface area contributed by atoms with Gasteiger partial charge in [0, 0.05) is 11.1 Å². The maximum Gasteiger partial charge on any atom is 0.176 e. The lowest BCUT2D eigenvalue weighted by atomic mass is 9.85. The van der Waals surface area contributed by atoms with Gasteiger partial charge in [0.2, 0.25) is 0 Å². The fourth-order valence-electron chi connectivity index (χ4n) is 2.06. The third-order valence-corrected chi connectivity index (χ3v) is 3.59. The Morgan fingerprint density at radius 2 is 1.23 bits per heavy atom. The Labute approximate surface area is 132 Å². The van der Waals surface area contributed by atoms with Crippen LogP contribution < -0.4 is 0 Å². The van der Waals surface area contributed by atoms with Crippen LogP contribution in [0.15, 0.2) is 60.7 Å². The minimum atomic E-state index is -1.44. The van der Waals surface area contributed by atoms with Crippen LogP contribution in [0.25, 0.3) is 0 Å². The molecular formula is C20H22O2. The molecule has 1 unspecified atom stereocenters. The molecule has 0 amide bonds. The summed E-state index contributed by atoms with van der Waals surface area (Å²) in [6, 6.07) is 18.6. The Bertz CT molecular complexity index is 618. The summed E-state index contributed by atoms with van der Waals surface area (Å²) < 4.78 is 0. The number of hydrogen-bond acceptors (Lipinski definition) is 2. The maximum absolute atomic E-state index is 11.2. The van der Waals surface area contributed by atoms with E-state index < -0.39 is 11.7 Å². The summed E-state index contributed by atoms with van der Waals surface area (Å²) in [7, 11) is 0. The quantitative estimate of drug-likeness (QED) is 0.834. The van der Waals surface area contributed by atoms with Crippen molar-refractivity contribution in [2.75, 3.05) is 0 Å². The first kappa shape index (κ1) is 16.3. The summed E-state index contributed by atoms with van der Waals surface area (Å²) in [4.78, 5) is 0. The highest BCUT2D eigenvalue weighted by Crippen LogP contribution is 2.29. The number of aliphatic hydroxyl groups excluding tert-OH is 1. The van der Waals surface area contributed by atoms with Crippen molar-refractivity contribution in [3.8, 4) is 11.8 Å². The van der Waals surface area contributed by atoms with Crippen molar-refractivity contribution in [3.63, 3.8) is 0 Å². The van der Waals surface area contributed by atoms with Crippen LogP contribution in [0.4, 0.5) is 0 Å². The summed E-state index contributed by atoms with van der Waals surface area (Å²) in [5, 5.41) is 21.3. The molecule has 0 saturated carbocycles. The summed E-state index contributed by atoms with van der Waals surface area (Å²) in [5.41, 5.74) is -0.416. The molecule has 2 rings (SSSR count). The van der Waals surface area contributed by atoms with Gasteiger partial charge in [0.05, 0.1) is 0 Å². The lowest BCUT2D eigenvalue weighted by molar-refractivity contribution is 0.111. The summed E-state index contributed by atoms with van der Waals surface area (Å²) in [5.74, 6) is 5.71. The average Bonchev–Trinajstić information content (AvgIpc) is 2.53. The van der Waals surface area contributed by atoms with Crippen molar-refractivity contribution in [1.82, 2.24) is 0 Å². The lowest BCUT2D eigenvalue weighted by Crippen LogP contribution is -2.28. The van der Waals surface area contributed by atoms with Gasteiger partial charge in [0.15, 0.2) is 5.60 Å². The molecule has 1 atom stereocenters. The van der Waals surface area contributed by atoms with Gasteiger partial charge in [-0.05, 0) is 5.41 Å². The van der Waals surface area contributed by atoms with Crippen LogP contribution >= 0.6 is 0 Å². The Morgan fingerprint density at radius 1 is 0.818 bits per heavy atom. The third kappa shape index (κ3) is 3.57. The van der Waals surface area contributed by atoms with Crippen molar-refractivity contribution in [1.29, 1.82) is 0 Å². The van der Waals surface area contributed by atoms with Gasteiger partial charge >= 0.3 is 0 Å². The highest BCUT2D eigenvalue weighted by Gasteiger charge is 2.30. The molecule has 0 saturated heterocycles. The van der Waals surface area contributed by atoms with Gasteiger partial charge in [-0.3, -0.25) is 0 Å². The first-order chi connectivity index (χ1) is 10.3. The lowest BCUT2D eigenvalue weighted by Gasteiger charge is -2.25. The fourth-order valence-corrected chi connectivity index (χ4v) is 2.06. The van der Waals surface area contributed by atoms with Crippen LogP contribution in [0.5, 0.6) is 0 Å². The van der Waals surface area contributed by atoms with Gasteiger partial charge in [-0.2, -0.15) is 0 Å². The van der Waals surface area contributed by atoms with E-state index in [1.165, 1.54) is 0 Å². The van der Waals surface area contributed by atoms with Crippen molar-refractivity contribution in [3.05, 3.63) is 71.8 Å². The van der Waals surface area contributed by atoms with E-state index in [4.69, 9.17) is 0 Å². The normalized spacial score (nSPS) is 13.1. The number of rotatable bonds is 2. The van der Waals surface area contributed by atoms with E-state index in [-0.39, 0.29) is 5.41 Å². The molecule has 2 heteroatoms. The minimum Gasteiger partial charge on any atom is -0.380 e. The van der Waals surface area contributed by atoms with Gasteiger partial charge < -0.3 is 10.2 Å². The zero-order valence-corrected chi connectivity index (χ0v) is 13.2. The topological polar surface area (TPSA) is 40.5 Å². The Hall–Kier alpha value is -2.08. The average molecular weight is 294 g/mol. The largest absolute Gasteiger partial charge is 0.380 e. The van der Waals surface area contributed by atoms with Crippen LogP contribution in [0.2, 0.25) is 0 Å². The molecule has 2 aromatic rings. The Morgan fingerprint density at radius 3 is 1.59 bits per heavy atom. The van der Waals surface area contributed by atoms with Gasteiger partial charge in [-0.15, -0.1) is 0 Å². The standard InChI is InChI=1S/C20H22O2/c1-19(2,3)18(21)14-15-20(22,16-10-6-4-7-11-16)17-12-8-5-9-13-17/h4-13,18,21-22H,1-3H3. The van der Waals surface area contributed by atoms with Crippen LogP contribution in [0, 0.1) is 17.3 Å². The van der Waals surface area contributed by atoms with Crippen molar-refractivity contribution < 1.29 is 10.2 Å². The Balaban J connectivity index is 2.51. The monoisotopic (exact) mass is 294 g/mol. The smallest absolute Gasteiger partial charge is 0.176 e. The van der Waals surface area contributed by atoms with Gasteiger partial charge in [0.25, 0.3) is 0 Å². The van der Waals surface area contributed by atoms with E-state index in [0.717, 1.165) is 0 Å². The molecular weight excluding hydrogens is 272 g/mol. The molecule has 2 aromatic carbocycles. The van der Waals surface area contributed by atoms with Crippen LogP contribution in [0.1, 0.15) is 31.9 Å². The first-order valence-corrected chi connectivity index (χ1v) is 7.38. The van der Waals surface area contributed by atoms with Crippen LogP contribution in [0.3, 0.4) is 0 Å². The van der Waals surface area contributed by atoms with E-state index in [0.29, 0.717) is 11.1 Å². The van der Waals surface area contributed by atoms with Crippen molar-refractivity contribution in [2.45, 2.75) is 32.5 Å². The second kappa shape index (κ2) is 6.36. The second-order valence-corrected chi connectivity index (χ2v) is 6.48. The zero-order chi connectivity index (χ0) is 16.2. The molecule has 0 fully saturated rings. The second-order valence-electron chi connectivity index (χ2n) is 6.48. The van der Waals surface area contributed by atoms with E-state index >= 15 is 0 Å². The highest BCUT2D eigenvalue weighted by molar-refractivity contribution is 5.44. The molecule has 0 heterocycles. The van der Waals surface area contributed by atoms with E-state index in [9.17, 15) is 10.2 Å². The highest BCUT2D eigenvalue weighted by atomic mass is 16.3. The number of hydrogen-bond donors (Lipinski definition) is 2. The van der Waals surface area contributed by atoms with Gasteiger partial charge in [-0.25, -0.2) is 0 Å². The van der Waals surface area contributed by atoms with Crippen molar-refractivity contribution in [2.24, 2.45) is 5.41 Å². The Kier molecular flexibility index (Phi) is 4.71. The molecule has 0 bridgehead atoms. The molecule has 0 aliphatic rings. The summed E-state index contributed by atoms with van der Waals surface area (Å²) in [6.45, 7) is 5.74. The maximum atomic E-state index is 11.2. The molecule has 2 N–H and O–H groups in total. The van der Waals surface area contributed by atoms with Crippen molar-refractivity contribution >= 4 is 0 Å². The molecule has 0 aromatic heterocycles. The van der Waals surface area contributed by atoms with Crippen LogP contribution in [-0.2, 0) is 5.60 Å². The molecule has 114 valence electrons. The zero-order valence-electron chi connectivity index (χ0n) is 13.2. The minimum absolute atomic E-state index is 0.360. The molecule has 0 aliphatic carbocycles. The number of aliphatic hydroxyl groups is 2. The molecule has 0 spiro atoms. The van der Waals surface area contributed by atoms with Gasteiger partial charge in [-0.1, -0.05) is 93.3 Å². The van der Waals surface area contributed by atoms with E-state index in [1.54, 1.807) is 0 Å². The number of benzene rings is 2. The first-order valence-electron chi connectivity index (χ1n) is 7.38. The predicted octanol–water partition coefficient (Wildman–Crippen LogP) is 3.33. The SMILES string of the molecule is CC(C)(C)C(O)C#CC(O)(c1ccccc1)c1ccccc1. The molecule has 2 nitrogen and oxygen atoms in total.